The van der Waals surface area contributed by atoms with Gasteiger partial charge in [0.05, 0.1) is 6.54 Å². The number of carbonyl (C=O) groups excluding carboxylic acids is 1. The number of nitrogens with zero attached hydrogens (tertiary/aromatic N) is 4. The summed E-state index contributed by atoms with van der Waals surface area (Å²) in [5, 5.41) is 9.79. The summed E-state index contributed by atoms with van der Waals surface area (Å²) in [4.78, 5) is 18.4. The molecule has 0 fully saturated rings. The second-order valence-corrected chi connectivity index (χ2v) is 6.65. The van der Waals surface area contributed by atoms with Gasteiger partial charge in [0.2, 0.25) is 0 Å². The molecule has 7 nitrogen and oxygen atoms in total. The average molecular weight is 330 g/mol. The molecule has 0 aliphatic heterocycles. The number of hydrogen-bond acceptors (Lipinski definition) is 4. The number of aryl methyl sites for hydroxylation is 1. The second kappa shape index (κ2) is 7.92. The average Bonchev–Trinajstić information content (AvgIpc) is 2.90. The van der Waals surface area contributed by atoms with Crippen LogP contribution in [0.4, 0.5) is 4.79 Å². The molecule has 1 aromatic heterocycles. The highest BCUT2D eigenvalue weighted by molar-refractivity contribution is 5.74. The first-order valence-corrected chi connectivity index (χ1v) is 7.97. The van der Waals surface area contributed by atoms with Gasteiger partial charge in [-0.15, -0.1) is 0 Å². The third-order valence-corrected chi connectivity index (χ3v) is 3.62. The fourth-order valence-electron chi connectivity index (χ4n) is 2.66. The lowest BCUT2D eigenvalue weighted by atomic mass is 10.0. The van der Waals surface area contributed by atoms with Crippen LogP contribution >= 0.6 is 0 Å². The Balaban J connectivity index is 1.79. The van der Waals surface area contributed by atoms with Crippen molar-refractivity contribution in [1.29, 1.82) is 0 Å². The summed E-state index contributed by atoms with van der Waals surface area (Å²) in [6, 6.07) is 10.1. The molecular weight excluding hydrogens is 304 g/mol. The molecule has 0 bridgehead atoms. The third kappa shape index (κ3) is 5.66. The molecule has 2 amide bonds. The first-order chi connectivity index (χ1) is 11.4. The molecule has 2 aromatic rings. The minimum atomic E-state index is -0.354. The molecule has 0 saturated carbocycles. The van der Waals surface area contributed by atoms with E-state index in [1.54, 1.807) is 11.7 Å². The summed E-state index contributed by atoms with van der Waals surface area (Å²) >= 11 is 0. The highest BCUT2D eigenvalue weighted by Gasteiger charge is 2.22. The van der Waals surface area contributed by atoms with Crippen LogP contribution in [0.2, 0.25) is 0 Å². The number of carbonyl (C=O) groups is 1. The molecule has 2 rings (SSSR count). The maximum Gasteiger partial charge on any atom is 0.315 e. The molecule has 1 heterocycles. The van der Waals surface area contributed by atoms with E-state index in [4.69, 9.17) is 0 Å². The number of hydrogen-bond donors (Lipinski definition) is 2. The predicted molar refractivity (Wildman–Crippen MR) is 93.2 cm³/mol. The topological polar surface area (TPSA) is 75.1 Å². The van der Waals surface area contributed by atoms with Gasteiger partial charge in [-0.2, -0.15) is 5.10 Å². The number of aromatic nitrogens is 3. The lowest BCUT2D eigenvalue weighted by molar-refractivity contribution is 0.206. The van der Waals surface area contributed by atoms with Gasteiger partial charge < -0.3 is 10.6 Å². The van der Waals surface area contributed by atoms with E-state index in [9.17, 15) is 4.79 Å². The first-order valence-electron chi connectivity index (χ1n) is 7.97. The van der Waals surface area contributed by atoms with E-state index < -0.39 is 0 Å². The van der Waals surface area contributed by atoms with E-state index in [1.807, 2.05) is 39.1 Å². The monoisotopic (exact) mass is 330 g/mol. The summed E-state index contributed by atoms with van der Waals surface area (Å²) in [5.74, 6) is 0.712. The van der Waals surface area contributed by atoms with Gasteiger partial charge in [-0.25, -0.2) is 9.78 Å². The Labute approximate surface area is 143 Å². The lowest BCUT2D eigenvalue weighted by Gasteiger charge is -2.31. The largest absolute Gasteiger partial charge is 0.332 e. The summed E-state index contributed by atoms with van der Waals surface area (Å²) in [7, 11) is 3.85. The van der Waals surface area contributed by atoms with Crippen molar-refractivity contribution >= 4 is 6.03 Å². The van der Waals surface area contributed by atoms with Crippen molar-refractivity contribution in [3.63, 3.8) is 0 Å². The molecule has 0 aliphatic carbocycles. The van der Waals surface area contributed by atoms with Crippen LogP contribution in [0.3, 0.4) is 0 Å². The van der Waals surface area contributed by atoms with E-state index in [0.29, 0.717) is 12.4 Å². The molecule has 2 N–H and O–H groups in total. The van der Waals surface area contributed by atoms with Gasteiger partial charge in [-0.05, 0) is 26.5 Å². The quantitative estimate of drug-likeness (QED) is 0.807. The number of urea groups is 1. The van der Waals surface area contributed by atoms with Gasteiger partial charge in [-0.3, -0.25) is 9.58 Å². The molecule has 1 aromatic carbocycles. The first kappa shape index (κ1) is 17.9. The standard InChI is InChI=1S/C17H26N6O/c1-17(2,12-22(3)11-14-8-6-5-7-9-14)21-16(24)18-10-15-19-13-20-23(15)4/h5-9,13H,10-12H2,1-4H3,(H2,18,21,24). The van der Waals surface area contributed by atoms with Gasteiger partial charge in [0.25, 0.3) is 0 Å². The van der Waals surface area contributed by atoms with Gasteiger partial charge in [-0.1, -0.05) is 30.3 Å². The van der Waals surface area contributed by atoms with Gasteiger partial charge in [0, 0.05) is 25.7 Å². The maximum atomic E-state index is 12.1. The molecule has 7 heteroatoms. The van der Waals surface area contributed by atoms with E-state index in [2.05, 4.69) is 37.7 Å². The molecule has 0 spiro atoms. The summed E-state index contributed by atoms with van der Waals surface area (Å²) in [5.41, 5.74) is 0.899. The minimum absolute atomic E-state index is 0.212. The van der Waals surface area contributed by atoms with Crippen molar-refractivity contribution in [3.8, 4) is 0 Å². The Morgan fingerprint density at radius 2 is 2.00 bits per heavy atom. The van der Waals surface area contributed by atoms with Crippen LogP contribution in [0.25, 0.3) is 0 Å². The van der Waals surface area contributed by atoms with Crippen LogP contribution in [0, 0.1) is 0 Å². The van der Waals surface area contributed by atoms with Crippen molar-refractivity contribution in [2.75, 3.05) is 13.6 Å². The molecule has 24 heavy (non-hydrogen) atoms. The summed E-state index contributed by atoms with van der Waals surface area (Å²) in [6.07, 6.45) is 1.47. The Kier molecular flexibility index (Phi) is 5.92. The number of benzene rings is 1. The molecular formula is C17H26N6O. The van der Waals surface area contributed by atoms with Crippen molar-refractivity contribution in [1.82, 2.24) is 30.3 Å². The predicted octanol–water partition coefficient (Wildman–Crippen LogP) is 1.52. The van der Waals surface area contributed by atoms with Crippen LogP contribution in [0.15, 0.2) is 36.7 Å². The van der Waals surface area contributed by atoms with Crippen LogP contribution in [0.1, 0.15) is 25.2 Å². The number of nitrogens with one attached hydrogen (secondary N) is 2. The van der Waals surface area contributed by atoms with Gasteiger partial charge >= 0.3 is 6.03 Å². The zero-order chi connectivity index (χ0) is 17.6. The van der Waals surface area contributed by atoms with Crippen molar-refractivity contribution in [3.05, 3.63) is 48.0 Å². The summed E-state index contributed by atoms with van der Waals surface area (Å²) < 4.78 is 1.64. The fourth-order valence-corrected chi connectivity index (χ4v) is 2.66. The second-order valence-electron chi connectivity index (χ2n) is 6.65. The van der Waals surface area contributed by atoms with E-state index >= 15 is 0 Å². The number of rotatable bonds is 7. The highest BCUT2D eigenvalue weighted by Crippen LogP contribution is 2.08. The zero-order valence-electron chi connectivity index (χ0n) is 14.8. The highest BCUT2D eigenvalue weighted by atomic mass is 16.2. The Bertz CT molecular complexity index is 652. The van der Waals surface area contributed by atoms with Gasteiger partial charge in [0.15, 0.2) is 0 Å². The number of amides is 2. The van der Waals surface area contributed by atoms with Crippen molar-refractivity contribution in [2.45, 2.75) is 32.5 Å². The van der Waals surface area contributed by atoms with E-state index in [-0.39, 0.29) is 11.6 Å². The van der Waals surface area contributed by atoms with Gasteiger partial charge in [0.1, 0.15) is 12.2 Å². The fraction of sp³-hybridized carbons (Fsp3) is 0.471. The normalized spacial score (nSPS) is 11.5. The Hall–Kier alpha value is -2.41. The molecule has 0 atom stereocenters. The smallest absolute Gasteiger partial charge is 0.315 e. The maximum absolute atomic E-state index is 12.1. The van der Waals surface area contributed by atoms with E-state index in [1.165, 1.54) is 11.9 Å². The molecule has 0 aliphatic rings. The van der Waals surface area contributed by atoms with Crippen molar-refractivity contribution < 1.29 is 4.79 Å². The number of likely N-dealkylation sites (N-methyl/N-ethyl adjacent to an activating group) is 1. The zero-order valence-corrected chi connectivity index (χ0v) is 14.8. The molecule has 0 saturated heterocycles. The third-order valence-electron chi connectivity index (χ3n) is 3.62. The van der Waals surface area contributed by atoms with Crippen LogP contribution in [0.5, 0.6) is 0 Å². The van der Waals surface area contributed by atoms with Crippen LogP contribution < -0.4 is 10.6 Å². The van der Waals surface area contributed by atoms with Crippen LogP contribution in [-0.2, 0) is 20.1 Å². The lowest BCUT2D eigenvalue weighted by Crippen LogP contribution is -2.53. The molecule has 130 valence electrons. The molecule has 0 unspecified atom stereocenters. The van der Waals surface area contributed by atoms with E-state index in [0.717, 1.165) is 13.1 Å². The van der Waals surface area contributed by atoms with Crippen molar-refractivity contribution in [2.24, 2.45) is 7.05 Å². The Morgan fingerprint density at radius 1 is 1.29 bits per heavy atom. The summed E-state index contributed by atoms with van der Waals surface area (Å²) in [6.45, 7) is 5.94. The minimum Gasteiger partial charge on any atom is -0.332 e. The molecule has 0 radical (unpaired) electrons. The SMILES string of the molecule is CN(Cc1ccccc1)CC(C)(C)NC(=O)NCc1ncnn1C. The van der Waals surface area contributed by atoms with Crippen LogP contribution in [-0.4, -0.2) is 44.8 Å². The Morgan fingerprint density at radius 3 is 2.62 bits per heavy atom.